The number of benzene rings is 2. The van der Waals surface area contributed by atoms with Gasteiger partial charge in [-0.2, -0.15) is 0 Å². The predicted octanol–water partition coefficient (Wildman–Crippen LogP) is 4.66. The molecule has 0 aliphatic heterocycles. The molecule has 1 aliphatic rings. The maximum Gasteiger partial charge on any atom is 0.217 e. The quantitative estimate of drug-likeness (QED) is 0.426. The number of hydrogen-bond donors (Lipinski definition) is 4. The summed E-state index contributed by atoms with van der Waals surface area (Å²) in [5.74, 6) is 1.08. The third-order valence-electron chi connectivity index (χ3n) is 6.56. The number of phenolic OH excluding ortho intramolecular Hbond substituents is 1. The van der Waals surface area contributed by atoms with Gasteiger partial charge in [0.15, 0.2) is 0 Å². The summed E-state index contributed by atoms with van der Waals surface area (Å²) < 4.78 is 0. The van der Waals surface area contributed by atoms with Crippen LogP contribution in [0.15, 0.2) is 48.5 Å². The van der Waals surface area contributed by atoms with Crippen molar-refractivity contribution in [3.05, 3.63) is 65.2 Å². The highest BCUT2D eigenvalue weighted by Gasteiger charge is 2.26. The Kier molecular flexibility index (Phi) is 10.7. The van der Waals surface area contributed by atoms with Crippen molar-refractivity contribution in [1.82, 2.24) is 10.6 Å². The summed E-state index contributed by atoms with van der Waals surface area (Å²) in [6, 6.07) is 15.9. The van der Waals surface area contributed by atoms with Gasteiger partial charge in [0.2, 0.25) is 5.91 Å². The first-order valence-corrected chi connectivity index (χ1v) is 11.9. The van der Waals surface area contributed by atoms with E-state index >= 15 is 0 Å². The molecule has 4 N–H and O–H groups in total. The molecule has 33 heavy (non-hydrogen) atoms. The lowest BCUT2D eigenvalue weighted by Gasteiger charge is -2.32. The van der Waals surface area contributed by atoms with Crippen LogP contribution in [0.4, 0.5) is 0 Å². The summed E-state index contributed by atoms with van der Waals surface area (Å²) in [7, 11) is 0. The Morgan fingerprint density at radius 2 is 1.88 bits per heavy atom. The average molecular weight is 475 g/mol. The van der Waals surface area contributed by atoms with Crippen molar-refractivity contribution in [2.24, 2.45) is 0 Å². The van der Waals surface area contributed by atoms with Gasteiger partial charge in [-0.15, -0.1) is 12.4 Å². The first kappa shape index (κ1) is 27.2. The molecule has 1 aliphatic carbocycles. The molecule has 0 aromatic heterocycles. The normalized spacial score (nSPS) is 20.0. The fraction of sp³-hybridized carbons (Fsp3) is 0.519. The van der Waals surface area contributed by atoms with Gasteiger partial charge in [0, 0.05) is 19.5 Å². The molecular weight excluding hydrogens is 436 g/mol. The fourth-order valence-electron chi connectivity index (χ4n) is 4.76. The van der Waals surface area contributed by atoms with E-state index in [4.69, 9.17) is 0 Å². The van der Waals surface area contributed by atoms with Gasteiger partial charge in [0.1, 0.15) is 5.75 Å². The van der Waals surface area contributed by atoms with Crippen molar-refractivity contribution in [2.45, 2.75) is 82.9 Å². The Labute approximate surface area is 204 Å². The van der Waals surface area contributed by atoms with Gasteiger partial charge in [0.25, 0.3) is 0 Å². The van der Waals surface area contributed by atoms with Crippen molar-refractivity contribution in [1.29, 1.82) is 0 Å². The molecule has 1 saturated carbocycles. The van der Waals surface area contributed by atoms with Gasteiger partial charge < -0.3 is 20.8 Å². The third kappa shape index (κ3) is 8.33. The molecule has 0 heterocycles. The van der Waals surface area contributed by atoms with E-state index in [1.807, 2.05) is 6.07 Å². The fourth-order valence-corrected chi connectivity index (χ4v) is 4.76. The highest BCUT2D eigenvalue weighted by atomic mass is 35.5. The monoisotopic (exact) mass is 474 g/mol. The lowest BCUT2D eigenvalue weighted by Crippen LogP contribution is -2.50. The van der Waals surface area contributed by atoms with Crippen molar-refractivity contribution in [3.8, 4) is 5.75 Å². The van der Waals surface area contributed by atoms with Crippen LogP contribution in [-0.4, -0.2) is 40.9 Å². The van der Waals surface area contributed by atoms with Gasteiger partial charge in [-0.1, -0.05) is 56.7 Å². The average Bonchev–Trinajstić information content (AvgIpc) is 2.77. The molecule has 0 saturated heterocycles. The highest BCUT2D eigenvalue weighted by Crippen LogP contribution is 2.34. The number of aromatic hydroxyl groups is 1. The number of carbonyl (C=O) groups excluding carboxylic acids is 1. The van der Waals surface area contributed by atoms with Gasteiger partial charge in [-0.25, -0.2) is 0 Å². The van der Waals surface area contributed by atoms with E-state index in [0.717, 1.165) is 18.4 Å². The predicted molar refractivity (Wildman–Crippen MR) is 136 cm³/mol. The Hall–Kier alpha value is -2.08. The maximum absolute atomic E-state index is 11.7. The zero-order valence-corrected chi connectivity index (χ0v) is 20.8. The molecule has 0 spiro atoms. The van der Waals surface area contributed by atoms with E-state index < -0.39 is 12.1 Å². The molecule has 5 nitrogen and oxygen atoms in total. The van der Waals surface area contributed by atoms with E-state index in [2.05, 4.69) is 48.7 Å². The van der Waals surface area contributed by atoms with Crippen LogP contribution in [0.1, 0.15) is 75.0 Å². The Morgan fingerprint density at radius 3 is 2.58 bits per heavy atom. The number of rotatable bonds is 9. The van der Waals surface area contributed by atoms with E-state index in [1.165, 1.54) is 30.9 Å². The molecule has 0 bridgehead atoms. The summed E-state index contributed by atoms with van der Waals surface area (Å²) in [6.45, 7) is 6.35. The zero-order valence-electron chi connectivity index (χ0n) is 20.0. The van der Waals surface area contributed by atoms with Crippen LogP contribution in [0, 0.1) is 0 Å². The summed E-state index contributed by atoms with van der Waals surface area (Å²) in [6.07, 6.45) is 4.28. The minimum Gasteiger partial charge on any atom is -0.508 e. The molecule has 2 aromatic carbocycles. The number of nitrogens with one attached hydrogen (secondary N) is 2. The Balaban J connectivity index is 0.00000385. The molecular formula is C27H39ClN2O3. The van der Waals surface area contributed by atoms with E-state index in [1.54, 1.807) is 18.2 Å². The second kappa shape index (κ2) is 13.0. The smallest absolute Gasteiger partial charge is 0.217 e. The Bertz CT molecular complexity index is 889. The lowest BCUT2D eigenvalue weighted by atomic mass is 9.80. The van der Waals surface area contributed by atoms with Crippen molar-refractivity contribution >= 4 is 18.3 Å². The number of halogens is 1. The maximum atomic E-state index is 11.7. The number of amides is 1. The number of aliphatic hydroxyl groups is 1. The first-order chi connectivity index (χ1) is 15.3. The number of phenols is 1. The lowest BCUT2D eigenvalue weighted by molar-refractivity contribution is -0.120. The largest absolute Gasteiger partial charge is 0.508 e. The molecule has 3 rings (SSSR count). The summed E-state index contributed by atoms with van der Waals surface area (Å²) >= 11 is 0. The Morgan fingerprint density at radius 1 is 1.12 bits per heavy atom. The highest BCUT2D eigenvalue weighted by molar-refractivity contribution is 5.85. The van der Waals surface area contributed by atoms with Gasteiger partial charge >= 0.3 is 0 Å². The first-order valence-electron chi connectivity index (χ1n) is 11.9. The van der Waals surface area contributed by atoms with E-state index in [9.17, 15) is 15.0 Å². The van der Waals surface area contributed by atoms with Crippen LogP contribution in [0.2, 0.25) is 0 Å². The van der Waals surface area contributed by atoms with E-state index in [0.29, 0.717) is 30.8 Å². The van der Waals surface area contributed by atoms with Crippen LogP contribution in [0.25, 0.3) is 0 Å². The van der Waals surface area contributed by atoms with Crippen molar-refractivity contribution < 1.29 is 15.0 Å². The molecule has 1 fully saturated rings. The topological polar surface area (TPSA) is 81.6 Å². The molecule has 2 unspecified atom stereocenters. The van der Waals surface area contributed by atoms with Crippen LogP contribution >= 0.6 is 12.4 Å². The molecule has 6 heteroatoms. The van der Waals surface area contributed by atoms with Gasteiger partial charge in [-0.3, -0.25) is 4.79 Å². The van der Waals surface area contributed by atoms with Crippen LogP contribution < -0.4 is 10.6 Å². The summed E-state index contributed by atoms with van der Waals surface area (Å²) in [5, 5.41) is 27.0. The van der Waals surface area contributed by atoms with Crippen LogP contribution in [0.5, 0.6) is 5.75 Å². The van der Waals surface area contributed by atoms with Crippen molar-refractivity contribution in [3.63, 3.8) is 0 Å². The summed E-state index contributed by atoms with van der Waals surface area (Å²) in [5.41, 5.74) is 3.69. The minimum atomic E-state index is -0.717. The zero-order chi connectivity index (χ0) is 23.1. The SMILES string of the molecule is CC(=O)N[C@@H](Cc1cccc(O)c1)[C@H](O)CNC1CCCC(c2cccc(C(C)C)c2)C1.Cl. The molecule has 1 amide bonds. The van der Waals surface area contributed by atoms with Crippen LogP contribution in [0.3, 0.4) is 0 Å². The number of carbonyl (C=O) groups is 1. The molecule has 182 valence electrons. The second-order valence-electron chi connectivity index (χ2n) is 9.54. The van der Waals surface area contributed by atoms with Crippen molar-refractivity contribution in [2.75, 3.05) is 6.54 Å². The standard InChI is InChI=1S/C27H38N2O3.ClH/c1-18(2)21-8-5-9-22(15-21)23-10-6-11-24(16-23)28-17-27(32)26(29-19(3)30)14-20-7-4-12-25(31)13-20;/h4-5,7-9,12-13,15,18,23-24,26-28,31-32H,6,10-11,14,16-17H2,1-3H3,(H,29,30);1H/t23?,24?,26-,27+;/m0./s1. The number of aliphatic hydroxyl groups excluding tert-OH is 1. The summed E-state index contributed by atoms with van der Waals surface area (Å²) in [4.78, 5) is 11.7. The van der Waals surface area contributed by atoms with Gasteiger partial charge in [-0.05, 0) is 66.3 Å². The minimum absolute atomic E-state index is 0. The molecule has 0 radical (unpaired) electrons. The molecule has 2 aromatic rings. The third-order valence-corrected chi connectivity index (χ3v) is 6.56. The number of hydrogen-bond acceptors (Lipinski definition) is 4. The van der Waals surface area contributed by atoms with Gasteiger partial charge in [0.05, 0.1) is 12.1 Å². The van der Waals surface area contributed by atoms with E-state index in [-0.39, 0.29) is 24.1 Å². The second-order valence-corrected chi connectivity index (χ2v) is 9.54. The molecule has 4 atom stereocenters. The van der Waals surface area contributed by atoms with Crippen LogP contribution in [-0.2, 0) is 11.2 Å².